The lowest BCUT2D eigenvalue weighted by Gasteiger charge is -1.95. The number of nitrogens with one attached hydrogen (secondary N) is 2. The van der Waals surface area contributed by atoms with Crippen LogP contribution in [0.25, 0.3) is 11.3 Å². The number of hydrogen-bond acceptors (Lipinski definition) is 3. The Balaban J connectivity index is 2.35. The van der Waals surface area contributed by atoms with E-state index in [0.29, 0.717) is 11.4 Å². The maximum Gasteiger partial charge on any atom is 0.283 e. The van der Waals surface area contributed by atoms with Crippen LogP contribution >= 0.6 is 15.9 Å². The van der Waals surface area contributed by atoms with Crippen molar-refractivity contribution in [1.29, 1.82) is 0 Å². The van der Waals surface area contributed by atoms with Gasteiger partial charge < -0.3 is 0 Å². The first-order chi connectivity index (χ1) is 7.70. The highest BCUT2D eigenvalue weighted by molar-refractivity contribution is 9.10. The Kier molecular flexibility index (Phi) is 3.02. The molecule has 1 amide bonds. The molecule has 0 spiro atoms. The second-order valence-electron chi connectivity index (χ2n) is 3.15. The second-order valence-corrected chi connectivity index (χ2v) is 4.07. The van der Waals surface area contributed by atoms with Gasteiger partial charge in [-0.2, -0.15) is 5.10 Å². The SMILES string of the molecule is NNC(=O)c1cc(-c2cccc(Br)c2)n[nH]1. The number of nitrogen functional groups attached to an aromatic ring is 1. The molecule has 0 saturated carbocycles. The van der Waals surface area contributed by atoms with E-state index in [-0.39, 0.29) is 0 Å². The predicted octanol–water partition coefficient (Wildman–Crippen LogP) is 1.44. The van der Waals surface area contributed by atoms with Gasteiger partial charge in [-0.05, 0) is 18.2 Å². The molecular formula is C10H9BrN4O. The summed E-state index contributed by atoms with van der Waals surface area (Å²) < 4.78 is 0.956. The molecule has 0 bridgehead atoms. The van der Waals surface area contributed by atoms with Crippen molar-refractivity contribution in [3.8, 4) is 11.3 Å². The van der Waals surface area contributed by atoms with Crippen molar-refractivity contribution < 1.29 is 4.79 Å². The minimum Gasteiger partial charge on any atom is -0.289 e. The van der Waals surface area contributed by atoms with E-state index in [2.05, 4.69) is 26.1 Å². The summed E-state index contributed by atoms with van der Waals surface area (Å²) in [7, 11) is 0. The number of aromatic nitrogens is 2. The lowest BCUT2D eigenvalue weighted by atomic mass is 10.1. The third-order valence-corrected chi connectivity index (χ3v) is 2.57. The van der Waals surface area contributed by atoms with Gasteiger partial charge in [0.15, 0.2) is 0 Å². The molecule has 6 heteroatoms. The first-order valence-electron chi connectivity index (χ1n) is 4.53. The number of halogens is 1. The van der Waals surface area contributed by atoms with Crippen molar-refractivity contribution in [2.24, 2.45) is 5.84 Å². The molecule has 0 aliphatic rings. The Bertz CT molecular complexity index is 523. The average Bonchev–Trinajstić information content (AvgIpc) is 2.77. The van der Waals surface area contributed by atoms with Crippen molar-refractivity contribution in [1.82, 2.24) is 15.6 Å². The van der Waals surface area contributed by atoms with E-state index in [4.69, 9.17) is 5.84 Å². The molecule has 2 rings (SSSR count). The summed E-state index contributed by atoms with van der Waals surface area (Å²) in [6.07, 6.45) is 0. The summed E-state index contributed by atoms with van der Waals surface area (Å²) in [6, 6.07) is 9.29. The fourth-order valence-electron chi connectivity index (χ4n) is 1.31. The first kappa shape index (κ1) is 10.8. The first-order valence-corrected chi connectivity index (χ1v) is 5.32. The van der Waals surface area contributed by atoms with Crippen molar-refractivity contribution in [2.75, 3.05) is 0 Å². The van der Waals surface area contributed by atoms with E-state index in [1.807, 2.05) is 29.7 Å². The summed E-state index contributed by atoms with van der Waals surface area (Å²) in [4.78, 5) is 11.2. The van der Waals surface area contributed by atoms with Crippen LogP contribution in [0.4, 0.5) is 0 Å². The zero-order chi connectivity index (χ0) is 11.5. The van der Waals surface area contributed by atoms with E-state index >= 15 is 0 Å². The van der Waals surface area contributed by atoms with Gasteiger partial charge in [0.05, 0.1) is 5.69 Å². The Morgan fingerprint density at radius 2 is 2.25 bits per heavy atom. The summed E-state index contributed by atoms with van der Waals surface area (Å²) in [5.74, 6) is 4.63. The molecule has 1 aromatic heterocycles. The van der Waals surface area contributed by atoms with Crippen molar-refractivity contribution in [3.05, 3.63) is 40.5 Å². The fourth-order valence-corrected chi connectivity index (χ4v) is 1.71. The van der Waals surface area contributed by atoms with Gasteiger partial charge in [-0.15, -0.1) is 0 Å². The molecule has 0 aliphatic heterocycles. The molecule has 0 unspecified atom stereocenters. The number of hydrogen-bond donors (Lipinski definition) is 3. The average molecular weight is 281 g/mol. The normalized spacial score (nSPS) is 10.1. The van der Waals surface area contributed by atoms with E-state index in [0.717, 1.165) is 10.0 Å². The second kappa shape index (κ2) is 4.46. The van der Waals surface area contributed by atoms with E-state index in [9.17, 15) is 4.79 Å². The fraction of sp³-hybridized carbons (Fsp3) is 0. The summed E-state index contributed by atoms with van der Waals surface area (Å²) >= 11 is 3.37. The molecule has 82 valence electrons. The number of carbonyl (C=O) groups is 1. The van der Waals surface area contributed by atoms with Gasteiger partial charge in [0, 0.05) is 10.0 Å². The van der Waals surface area contributed by atoms with Crippen molar-refractivity contribution >= 4 is 21.8 Å². The van der Waals surface area contributed by atoms with Crippen LogP contribution in [0.15, 0.2) is 34.8 Å². The number of aromatic amines is 1. The standard InChI is InChI=1S/C10H9BrN4O/c11-7-3-1-2-6(4-7)8-5-9(15-14-8)10(16)13-12/h1-5H,12H2,(H,13,16)(H,14,15). The van der Waals surface area contributed by atoms with E-state index < -0.39 is 5.91 Å². The predicted molar refractivity (Wildman–Crippen MR) is 63.4 cm³/mol. The molecular weight excluding hydrogens is 272 g/mol. The van der Waals surface area contributed by atoms with Crippen LogP contribution in [-0.4, -0.2) is 16.1 Å². The summed E-state index contributed by atoms with van der Waals surface area (Å²) in [5.41, 5.74) is 3.98. The molecule has 1 aromatic carbocycles. The van der Waals surface area contributed by atoms with Crippen LogP contribution in [-0.2, 0) is 0 Å². The molecule has 0 aliphatic carbocycles. The zero-order valence-corrected chi connectivity index (χ0v) is 9.78. The van der Waals surface area contributed by atoms with Crippen LogP contribution in [0, 0.1) is 0 Å². The highest BCUT2D eigenvalue weighted by atomic mass is 79.9. The maximum atomic E-state index is 11.2. The zero-order valence-electron chi connectivity index (χ0n) is 8.20. The van der Waals surface area contributed by atoms with Gasteiger partial charge in [-0.25, -0.2) is 5.84 Å². The smallest absolute Gasteiger partial charge is 0.283 e. The van der Waals surface area contributed by atoms with Crippen LogP contribution in [0.5, 0.6) is 0 Å². The third-order valence-electron chi connectivity index (χ3n) is 2.07. The molecule has 0 atom stereocenters. The van der Waals surface area contributed by atoms with Crippen LogP contribution in [0.3, 0.4) is 0 Å². The maximum absolute atomic E-state index is 11.2. The van der Waals surface area contributed by atoms with E-state index in [1.165, 1.54) is 0 Å². The largest absolute Gasteiger partial charge is 0.289 e. The van der Waals surface area contributed by atoms with Gasteiger partial charge in [0.2, 0.25) is 0 Å². The number of carbonyl (C=O) groups excluding carboxylic acids is 1. The summed E-state index contributed by atoms with van der Waals surface area (Å²) in [5, 5.41) is 6.65. The Morgan fingerprint density at radius 1 is 1.44 bits per heavy atom. The molecule has 5 nitrogen and oxygen atoms in total. The van der Waals surface area contributed by atoms with Gasteiger partial charge in [-0.3, -0.25) is 15.3 Å². The lowest BCUT2D eigenvalue weighted by Crippen LogP contribution is -2.30. The Labute approximate surface area is 100 Å². The Morgan fingerprint density at radius 3 is 2.94 bits per heavy atom. The molecule has 2 aromatic rings. The number of H-pyrrole nitrogens is 1. The minimum absolute atomic E-state index is 0.331. The molecule has 16 heavy (non-hydrogen) atoms. The summed E-state index contributed by atoms with van der Waals surface area (Å²) in [6.45, 7) is 0. The Hall–Kier alpha value is -1.66. The number of rotatable bonds is 2. The number of hydrazine groups is 1. The van der Waals surface area contributed by atoms with Crippen molar-refractivity contribution in [3.63, 3.8) is 0 Å². The third kappa shape index (κ3) is 2.12. The highest BCUT2D eigenvalue weighted by Gasteiger charge is 2.09. The van der Waals surface area contributed by atoms with E-state index in [1.54, 1.807) is 6.07 Å². The quantitative estimate of drug-likeness (QED) is 0.442. The van der Waals surface area contributed by atoms with Crippen molar-refractivity contribution in [2.45, 2.75) is 0 Å². The molecule has 4 N–H and O–H groups in total. The molecule has 1 heterocycles. The van der Waals surface area contributed by atoms with Gasteiger partial charge in [0.1, 0.15) is 5.69 Å². The van der Waals surface area contributed by atoms with Gasteiger partial charge >= 0.3 is 0 Å². The molecule has 0 saturated heterocycles. The van der Waals surface area contributed by atoms with Crippen LogP contribution in [0.1, 0.15) is 10.5 Å². The monoisotopic (exact) mass is 280 g/mol. The lowest BCUT2D eigenvalue weighted by molar-refractivity contribution is 0.0948. The van der Waals surface area contributed by atoms with Crippen LogP contribution < -0.4 is 11.3 Å². The number of nitrogens with zero attached hydrogens (tertiary/aromatic N) is 1. The highest BCUT2D eigenvalue weighted by Crippen LogP contribution is 2.21. The number of nitrogens with two attached hydrogens (primary N) is 1. The topological polar surface area (TPSA) is 83.8 Å². The van der Waals surface area contributed by atoms with Crippen LogP contribution in [0.2, 0.25) is 0 Å². The van der Waals surface area contributed by atoms with Gasteiger partial charge in [0.25, 0.3) is 5.91 Å². The minimum atomic E-state index is -0.395. The molecule has 0 radical (unpaired) electrons. The number of benzene rings is 1. The number of amides is 1. The van der Waals surface area contributed by atoms with Gasteiger partial charge in [-0.1, -0.05) is 28.1 Å². The molecule has 0 fully saturated rings.